The van der Waals surface area contributed by atoms with Gasteiger partial charge < -0.3 is 10.1 Å². The van der Waals surface area contributed by atoms with Crippen LogP contribution in [0.5, 0.6) is 0 Å². The van der Waals surface area contributed by atoms with Crippen LogP contribution < -0.4 is 5.32 Å². The lowest BCUT2D eigenvalue weighted by molar-refractivity contribution is -0.0672. The average Bonchev–Trinajstić information content (AvgIpc) is 2.71. The first-order valence-corrected chi connectivity index (χ1v) is 11.4. The topological polar surface area (TPSA) is 92.8 Å². The van der Waals surface area contributed by atoms with E-state index in [2.05, 4.69) is 10.2 Å². The molecule has 158 valence electrons. The minimum Gasteiger partial charge on any atom is -0.373 e. The van der Waals surface area contributed by atoms with Gasteiger partial charge in [0, 0.05) is 42.9 Å². The van der Waals surface area contributed by atoms with Crippen LogP contribution in [0, 0.1) is 0 Å². The van der Waals surface area contributed by atoms with E-state index >= 15 is 0 Å². The van der Waals surface area contributed by atoms with Gasteiger partial charge in [0.2, 0.25) is 9.84 Å². The fourth-order valence-electron chi connectivity index (χ4n) is 4.12. The van der Waals surface area contributed by atoms with E-state index in [0.717, 1.165) is 13.1 Å². The number of ether oxygens (including phenoxy) is 1. The Labute approximate surface area is 175 Å². The molecule has 1 saturated heterocycles. The van der Waals surface area contributed by atoms with Crippen LogP contribution in [-0.2, 0) is 14.6 Å². The van der Waals surface area contributed by atoms with E-state index in [9.17, 15) is 18.0 Å². The van der Waals surface area contributed by atoms with Gasteiger partial charge in [-0.25, -0.2) is 8.42 Å². The molecule has 0 aliphatic carbocycles. The summed E-state index contributed by atoms with van der Waals surface area (Å²) in [6.45, 7) is 6.77. The van der Waals surface area contributed by atoms with Crippen molar-refractivity contribution in [3.05, 3.63) is 59.2 Å². The molecule has 2 heterocycles. The lowest BCUT2D eigenvalue weighted by Gasteiger charge is -2.35. The maximum atomic E-state index is 13.0. The van der Waals surface area contributed by atoms with Crippen molar-refractivity contribution in [1.82, 2.24) is 10.2 Å². The molecule has 0 bridgehead atoms. The van der Waals surface area contributed by atoms with Gasteiger partial charge in [0.15, 0.2) is 5.78 Å². The molecule has 0 spiro atoms. The maximum absolute atomic E-state index is 13.0. The normalized spacial score (nSPS) is 22.8. The fourth-order valence-corrected chi connectivity index (χ4v) is 5.80. The van der Waals surface area contributed by atoms with Gasteiger partial charge in [-0.15, -0.1) is 0 Å². The number of fused-ring (bicyclic) bond motifs is 2. The van der Waals surface area contributed by atoms with Gasteiger partial charge in [-0.3, -0.25) is 14.5 Å². The summed E-state index contributed by atoms with van der Waals surface area (Å²) < 4.78 is 31.7. The Hall–Kier alpha value is -2.55. The first-order chi connectivity index (χ1) is 14.3. The molecule has 4 rings (SSSR count). The molecule has 2 aliphatic heterocycles. The fraction of sp³-hybridized carbons (Fsp3) is 0.364. The zero-order valence-electron chi connectivity index (χ0n) is 16.9. The second kappa shape index (κ2) is 7.94. The smallest absolute Gasteiger partial charge is 0.251 e. The molecular formula is C22H24N2O5S. The highest BCUT2D eigenvalue weighted by molar-refractivity contribution is 7.91. The molecular weight excluding hydrogens is 404 g/mol. The van der Waals surface area contributed by atoms with Crippen molar-refractivity contribution < 1.29 is 22.7 Å². The predicted octanol–water partition coefficient (Wildman–Crippen LogP) is 1.90. The van der Waals surface area contributed by atoms with E-state index in [1.54, 1.807) is 12.1 Å². The van der Waals surface area contributed by atoms with Crippen LogP contribution >= 0.6 is 0 Å². The number of hydrogen-bond acceptors (Lipinski definition) is 6. The van der Waals surface area contributed by atoms with E-state index in [1.807, 2.05) is 13.8 Å². The van der Waals surface area contributed by atoms with Crippen molar-refractivity contribution in [2.45, 2.75) is 35.8 Å². The first-order valence-electron chi connectivity index (χ1n) is 9.96. The summed E-state index contributed by atoms with van der Waals surface area (Å²) in [6.07, 6.45) is 0.298. The quantitative estimate of drug-likeness (QED) is 0.682. The maximum Gasteiger partial charge on any atom is 0.251 e. The van der Waals surface area contributed by atoms with Crippen LogP contribution in [0.2, 0.25) is 0 Å². The Morgan fingerprint density at radius 1 is 1.07 bits per heavy atom. The Bertz CT molecular complexity index is 1100. The van der Waals surface area contributed by atoms with Crippen LogP contribution in [0.4, 0.5) is 0 Å². The zero-order valence-corrected chi connectivity index (χ0v) is 17.7. The van der Waals surface area contributed by atoms with Gasteiger partial charge in [-0.2, -0.15) is 0 Å². The van der Waals surface area contributed by atoms with E-state index in [0.29, 0.717) is 13.1 Å². The van der Waals surface area contributed by atoms with E-state index in [4.69, 9.17) is 4.74 Å². The third-order valence-electron chi connectivity index (χ3n) is 5.41. The Morgan fingerprint density at radius 2 is 1.73 bits per heavy atom. The molecule has 0 radical (unpaired) electrons. The second-order valence-electron chi connectivity index (χ2n) is 7.81. The lowest BCUT2D eigenvalue weighted by atomic mass is 10.0. The SMILES string of the molecule is C[C@@H]1CN(CCNC(=O)c2ccc3c(c2)S(=O)(=O)c2ccccc2C3=O)C[C@H](C)O1. The standard InChI is InChI=1S/C22H24N2O5S/c1-14-12-24(13-15(2)29-14)10-9-23-22(26)16-7-8-18-20(11-16)30(27,28)19-6-4-3-5-17(19)21(18)25/h3-8,11,14-15H,9-10,12-13H2,1-2H3,(H,23,26)/t14-,15+. The number of nitrogens with one attached hydrogen (secondary N) is 1. The number of sulfone groups is 1. The molecule has 2 aliphatic rings. The van der Waals surface area contributed by atoms with E-state index in [1.165, 1.54) is 30.3 Å². The minimum absolute atomic E-state index is 0.0179. The van der Waals surface area contributed by atoms with Gasteiger partial charge in [0.1, 0.15) is 0 Å². The Kier molecular flexibility index (Phi) is 5.48. The van der Waals surface area contributed by atoms with Gasteiger partial charge >= 0.3 is 0 Å². The molecule has 1 amide bonds. The lowest BCUT2D eigenvalue weighted by Crippen LogP contribution is -2.47. The zero-order chi connectivity index (χ0) is 21.5. The van der Waals surface area contributed by atoms with Crippen molar-refractivity contribution in [2.75, 3.05) is 26.2 Å². The highest BCUT2D eigenvalue weighted by Crippen LogP contribution is 2.34. The minimum atomic E-state index is -3.86. The summed E-state index contributed by atoms with van der Waals surface area (Å²) in [4.78, 5) is 27.4. The third kappa shape index (κ3) is 3.78. The van der Waals surface area contributed by atoms with Crippen LogP contribution in [-0.4, -0.2) is 63.4 Å². The number of nitrogens with zero attached hydrogens (tertiary/aromatic N) is 1. The number of amides is 1. The molecule has 30 heavy (non-hydrogen) atoms. The van der Waals surface area contributed by atoms with Crippen molar-refractivity contribution in [1.29, 1.82) is 0 Å². The molecule has 0 aromatic heterocycles. The monoisotopic (exact) mass is 428 g/mol. The molecule has 2 atom stereocenters. The number of benzene rings is 2. The van der Waals surface area contributed by atoms with Gasteiger partial charge in [-0.05, 0) is 44.2 Å². The molecule has 1 fully saturated rings. The highest BCUT2D eigenvalue weighted by atomic mass is 32.2. The van der Waals surface area contributed by atoms with Crippen LogP contribution in [0.15, 0.2) is 52.3 Å². The van der Waals surface area contributed by atoms with Crippen molar-refractivity contribution >= 4 is 21.5 Å². The highest BCUT2D eigenvalue weighted by Gasteiger charge is 2.35. The van der Waals surface area contributed by atoms with E-state index in [-0.39, 0.29) is 50.4 Å². The summed E-state index contributed by atoms with van der Waals surface area (Å²) in [7, 11) is -3.86. The molecule has 0 saturated carbocycles. The number of carbonyl (C=O) groups excluding carboxylic acids is 2. The Balaban J connectivity index is 1.50. The molecule has 2 aromatic carbocycles. The number of hydrogen-bond donors (Lipinski definition) is 1. The molecule has 0 unspecified atom stereocenters. The van der Waals surface area contributed by atoms with Crippen molar-refractivity contribution in [3.8, 4) is 0 Å². The summed E-state index contributed by atoms with van der Waals surface area (Å²) in [6, 6.07) is 10.4. The van der Waals surface area contributed by atoms with Gasteiger partial charge in [0.25, 0.3) is 5.91 Å². The summed E-state index contributed by atoms with van der Waals surface area (Å²) in [5.41, 5.74) is 0.478. The largest absolute Gasteiger partial charge is 0.373 e. The van der Waals surface area contributed by atoms with Crippen molar-refractivity contribution in [3.63, 3.8) is 0 Å². The van der Waals surface area contributed by atoms with Crippen LogP contribution in [0.1, 0.15) is 40.1 Å². The number of carbonyl (C=O) groups is 2. The van der Waals surface area contributed by atoms with Gasteiger partial charge in [-0.1, -0.05) is 12.1 Å². The first kappa shape index (κ1) is 20.7. The summed E-state index contributed by atoms with van der Waals surface area (Å²) in [5, 5.41) is 2.84. The van der Waals surface area contributed by atoms with Crippen molar-refractivity contribution in [2.24, 2.45) is 0 Å². The van der Waals surface area contributed by atoms with Crippen LogP contribution in [0.3, 0.4) is 0 Å². The number of rotatable bonds is 4. The predicted molar refractivity (Wildman–Crippen MR) is 111 cm³/mol. The number of ketones is 1. The second-order valence-corrected chi connectivity index (χ2v) is 9.70. The summed E-state index contributed by atoms with van der Waals surface area (Å²) in [5.74, 6) is -0.716. The molecule has 2 aromatic rings. The molecule has 7 nitrogen and oxygen atoms in total. The average molecular weight is 429 g/mol. The molecule has 8 heteroatoms. The Morgan fingerprint density at radius 3 is 2.47 bits per heavy atom. The summed E-state index contributed by atoms with van der Waals surface area (Å²) >= 11 is 0. The molecule has 1 N–H and O–H groups in total. The van der Waals surface area contributed by atoms with Gasteiger partial charge in [0.05, 0.1) is 22.0 Å². The number of morpholine rings is 1. The third-order valence-corrected chi connectivity index (χ3v) is 7.26. The van der Waals surface area contributed by atoms with Crippen LogP contribution in [0.25, 0.3) is 0 Å². The van der Waals surface area contributed by atoms with E-state index < -0.39 is 9.84 Å².